The number of hydrogen-bond donors (Lipinski definition) is 0. The predicted octanol–water partition coefficient (Wildman–Crippen LogP) is 4.51. The van der Waals surface area contributed by atoms with Crippen molar-refractivity contribution in [1.82, 2.24) is 4.98 Å². The first-order chi connectivity index (χ1) is 8.33. The molecule has 2 rings (SSSR count). The van der Waals surface area contributed by atoms with Crippen LogP contribution in [0.2, 0.25) is 0 Å². The highest BCUT2D eigenvalue weighted by Crippen LogP contribution is 2.35. The molecule has 0 spiro atoms. The third-order valence-corrected chi connectivity index (χ3v) is 3.74. The Bertz CT molecular complexity index is 508. The van der Waals surface area contributed by atoms with E-state index in [2.05, 4.69) is 4.98 Å². The highest BCUT2D eigenvalue weighted by atomic mass is 35.5. The van der Waals surface area contributed by atoms with Crippen LogP contribution in [-0.2, 0) is 0 Å². The monoisotopic (exact) mass is 261 g/mol. The Kier molecular flexibility index (Phi) is 4.24. The molecule has 0 unspecified atom stereocenters. The van der Waals surface area contributed by atoms with Crippen LogP contribution in [0.15, 0.2) is 54.9 Å². The van der Waals surface area contributed by atoms with E-state index in [9.17, 15) is 0 Å². The Morgan fingerprint density at radius 1 is 1.00 bits per heavy atom. The van der Waals surface area contributed by atoms with Crippen LogP contribution in [0.5, 0.6) is 0 Å². The van der Waals surface area contributed by atoms with Crippen molar-refractivity contribution in [2.75, 3.05) is 6.26 Å². The molecule has 1 heterocycles. The van der Waals surface area contributed by atoms with Gasteiger partial charge in [0.25, 0.3) is 0 Å². The second-order valence-corrected chi connectivity index (χ2v) is 4.64. The van der Waals surface area contributed by atoms with Gasteiger partial charge in [-0.3, -0.25) is 4.98 Å². The lowest BCUT2D eigenvalue weighted by Gasteiger charge is -2.08. The summed E-state index contributed by atoms with van der Waals surface area (Å²) in [6.45, 7) is 0. The summed E-state index contributed by atoms with van der Waals surface area (Å²) in [6.07, 6.45) is 5.59. The maximum atomic E-state index is 6.45. The maximum Gasteiger partial charge on any atom is 0.0620 e. The standard InChI is InChI=1S/C14H12ClNS/c1-17-14(12-7-9-16-10-8-12)13(15)11-5-3-2-4-6-11/h2-10H,1H3/b14-13+. The van der Waals surface area contributed by atoms with Crippen LogP contribution < -0.4 is 0 Å². The summed E-state index contributed by atoms with van der Waals surface area (Å²) >= 11 is 8.09. The van der Waals surface area contributed by atoms with E-state index in [1.165, 1.54) is 0 Å². The van der Waals surface area contributed by atoms with Crippen LogP contribution in [0, 0.1) is 0 Å². The molecule has 0 bridgehead atoms. The molecule has 0 atom stereocenters. The van der Waals surface area contributed by atoms with Crippen molar-refractivity contribution in [3.8, 4) is 0 Å². The minimum atomic E-state index is 0.782. The van der Waals surface area contributed by atoms with Gasteiger partial charge in [-0.15, -0.1) is 11.8 Å². The minimum absolute atomic E-state index is 0.782. The van der Waals surface area contributed by atoms with Crippen molar-refractivity contribution in [1.29, 1.82) is 0 Å². The average molecular weight is 262 g/mol. The molecule has 1 nitrogen and oxygen atoms in total. The number of benzene rings is 1. The number of hydrogen-bond acceptors (Lipinski definition) is 2. The zero-order valence-corrected chi connectivity index (χ0v) is 11.0. The SMILES string of the molecule is CS/C(=C(/Cl)c1ccccc1)c1ccncc1. The maximum absolute atomic E-state index is 6.45. The van der Waals surface area contributed by atoms with Crippen molar-refractivity contribution in [3.05, 3.63) is 66.0 Å². The fraction of sp³-hybridized carbons (Fsp3) is 0.0714. The van der Waals surface area contributed by atoms with Gasteiger partial charge in [0.15, 0.2) is 0 Å². The van der Waals surface area contributed by atoms with E-state index in [0.29, 0.717) is 0 Å². The first kappa shape index (κ1) is 12.2. The van der Waals surface area contributed by atoms with E-state index in [0.717, 1.165) is 21.1 Å². The summed E-state index contributed by atoms with van der Waals surface area (Å²) in [5, 5.41) is 0.782. The molecule has 0 amide bonds. The van der Waals surface area contributed by atoms with Crippen molar-refractivity contribution < 1.29 is 0 Å². The molecule has 0 saturated heterocycles. The van der Waals surface area contributed by atoms with Crippen molar-refractivity contribution in [3.63, 3.8) is 0 Å². The summed E-state index contributed by atoms with van der Waals surface area (Å²) in [4.78, 5) is 5.09. The van der Waals surface area contributed by atoms with E-state index in [1.54, 1.807) is 24.2 Å². The van der Waals surface area contributed by atoms with Crippen molar-refractivity contribution >= 4 is 33.3 Å². The third kappa shape index (κ3) is 2.90. The van der Waals surface area contributed by atoms with E-state index in [1.807, 2.05) is 48.7 Å². The van der Waals surface area contributed by atoms with Gasteiger partial charge in [-0.25, -0.2) is 0 Å². The summed E-state index contributed by atoms with van der Waals surface area (Å²) in [7, 11) is 0. The quantitative estimate of drug-likeness (QED) is 0.806. The number of halogens is 1. The molecule has 0 aliphatic heterocycles. The van der Waals surface area contributed by atoms with E-state index in [4.69, 9.17) is 11.6 Å². The van der Waals surface area contributed by atoms with Crippen molar-refractivity contribution in [2.45, 2.75) is 0 Å². The molecule has 3 heteroatoms. The van der Waals surface area contributed by atoms with Gasteiger partial charge in [-0.2, -0.15) is 0 Å². The first-order valence-corrected chi connectivity index (χ1v) is 6.83. The van der Waals surface area contributed by atoms with Gasteiger partial charge in [0.2, 0.25) is 0 Å². The third-order valence-electron chi connectivity index (χ3n) is 2.37. The normalized spacial score (nSPS) is 12.1. The van der Waals surface area contributed by atoms with Crippen LogP contribution in [0.4, 0.5) is 0 Å². The topological polar surface area (TPSA) is 12.9 Å². The second-order valence-electron chi connectivity index (χ2n) is 3.45. The van der Waals surface area contributed by atoms with Gasteiger partial charge < -0.3 is 0 Å². The van der Waals surface area contributed by atoms with Crippen molar-refractivity contribution in [2.24, 2.45) is 0 Å². The molecule has 0 radical (unpaired) electrons. The molecule has 0 N–H and O–H groups in total. The molecule has 86 valence electrons. The van der Waals surface area contributed by atoms with Gasteiger partial charge in [0.05, 0.1) is 5.03 Å². The highest BCUT2D eigenvalue weighted by molar-refractivity contribution is 8.08. The molecule has 2 aromatic rings. The number of aromatic nitrogens is 1. The summed E-state index contributed by atoms with van der Waals surface area (Å²) in [6, 6.07) is 13.9. The van der Waals surface area contributed by atoms with E-state index < -0.39 is 0 Å². The Balaban J connectivity index is 2.48. The lowest BCUT2D eigenvalue weighted by Crippen LogP contribution is -1.85. The number of pyridine rings is 1. The smallest absolute Gasteiger partial charge is 0.0620 e. The zero-order chi connectivity index (χ0) is 12.1. The molecule has 0 aliphatic rings. The molecule has 0 fully saturated rings. The van der Waals surface area contributed by atoms with Crippen LogP contribution >= 0.6 is 23.4 Å². The average Bonchev–Trinajstić information content (AvgIpc) is 2.42. The van der Waals surface area contributed by atoms with Gasteiger partial charge >= 0.3 is 0 Å². The van der Waals surface area contributed by atoms with Gasteiger partial charge in [0, 0.05) is 17.3 Å². The molecular formula is C14H12ClNS. The Morgan fingerprint density at radius 2 is 1.65 bits per heavy atom. The fourth-order valence-electron chi connectivity index (χ4n) is 1.55. The molecule has 1 aromatic heterocycles. The van der Waals surface area contributed by atoms with Crippen LogP contribution in [0.3, 0.4) is 0 Å². The van der Waals surface area contributed by atoms with Gasteiger partial charge in [0.1, 0.15) is 0 Å². The van der Waals surface area contributed by atoms with E-state index in [-0.39, 0.29) is 0 Å². The van der Waals surface area contributed by atoms with Crippen LogP contribution in [0.1, 0.15) is 11.1 Å². The molecule has 17 heavy (non-hydrogen) atoms. The predicted molar refractivity (Wildman–Crippen MR) is 76.9 cm³/mol. The summed E-state index contributed by atoms with van der Waals surface area (Å²) < 4.78 is 0. The summed E-state index contributed by atoms with van der Waals surface area (Å²) in [5.74, 6) is 0. The van der Waals surface area contributed by atoms with Crippen LogP contribution in [-0.4, -0.2) is 11.2 Å². The number of rotatable bonds is 3. The van der Waals surface area contributed by atoms with E-state index >= 15 is 0 Å². The highest BCUT2D eigenvalue weighted by Gasteiger charge is 2.08. The Labute approximate surface area is 111 Å². The largest absolute Gasteiger partial charge is 0.265 e. The lowest BCUT2D eigenvalue weighted by molar-refractivity contribution is 1.32. The van der Waals surface area contributed by atoms with Gasteiger partial charge in [-0.1, -0.05) is 41.9 Å². The minimum Gasteiger partial charge on any atom is -0.265 e. The lowest BCUT2D eigenvalue weighted by atomic mass is 10.1. The molecule has 0 aliphatic carbocycles. The summed E-state index contributed by atoms with van der Waals surface area (Å²) in [5.41, 5.74) is 2.14. The zero-order valence-electron chi connectivity index (χ0n) is 9.43. The van der Waals surface area contributed by atoms with Gasteiger partial charge in [-0.05, 0) is 29.5 Å². The number of nitrogens with zero attached hydrogens (tertiary/aromatic N) is 1. The fourth-order valence-corrected chi connectivity index (χ4v) is 2.69. The molecule has 0 saturated carbocycles. The Hall–Kier alpha value is -1.25. The van der Waals surface area contributed by atoms with Crippen LogP contribution in [0.25, 0.3) is 9.94 Å². The second kappa shape index (κ2) is 5.89. The first-order valence-electron chi connectivity index (χ1n) is 5.22. The number of thioether (sulfide) groups is 1. The molecule has 1 aromatic carbocycles. The Morgan fingerprint density at radius 3 is 2.24 bits per heavy atom. The molecular weight excluding hydrogens is 250 g/mol.